The summed E-state index contributed by atoms with van der Waals surface area (Å²) in [6.07, 6.45) is 1.53. The lowest BCUT2D eigenvalue weighted by Gasteiger charge is -2.00. The van der Waals surface area contributed by atoms with E-state index < -0.39 is 5.97 Å². The number of carbonyl (C=O) groups excluding carboxylic acids is 1. The van der Waals surface area contributed by atoms with E-state index in [1.807, 2.05) is 0 Å². The zero-order chi connectivity index (χ0) is 8.97. The van der Waals surface area contributed by atoms with Crippen LogP contribution in [0.3, 0.4) is 0 Å². The van der Waals surface area contributed by atoms with E-state index in [0.29, 0.717) is 11.3 Å². The smallest absolute Gasteiger partial charge is 0.466 e. The Kier molecular flexibility index (Phi) is 2.69. The van der Waals surface area contributed by atoms with Crippen molar-refractivity contribution in [2.24, 2.45) is 0 Å². The van der Waals surface area contributed by atoms with Crippen molar-refractivity contribution in [2.75, 3.05) is 0 Å². The maximum absolute atomic E-state index is 10.9. The van der Waals surface area contributed by atoms with Crippen molar-refractivity contribution < 1.29 is 15.4 Å². The Bertz CT molecular complexity index is 277. The average molecular weight is 167 g/mol. The molecule has 1 aromatic heterocycles. The molecule has 0 aliphatic carbocycles. The minimum Gasteiger partial charge on any atom is -0.466 e. The molecule has 0 bridgehead atoms. The summed E-state index contributed by atoms with van der Waals surface area (Å²) in [7, 11) is 0. The summed E-state index contributed by atoms with van der Waals surface area (Å²) in [5.41, 5.74) is 0.390. The van der Waals surface area contributed by atoms with Crippen LogP contribution >= 0.6 is 0 Å². The molecule has 0 amide bonds. The van der Waals surface area contributed by atoms with Gasteiger partial charge in [-0.2, -0.15) is 0 Å². The van der Waals surface area contributed by atoms with Gasteiger partial charge in [0.05, 0.1) is 6.26 Å². The van der Waals surface area contributed by atoms with Crippen molar-refractivity contribution in [1.82, 2.24) is 0 Å². The zero-order valence-electron chi connectivity index (χ0n) is 7.87. The Labute approximate surface area is 72.1 Å². The third-order valence-corrected chi connectivity index (χ3v) is 1.27. The summed E-state index contributed by atoms with van der Waals surface area (Å²) in [5.74, 6) is 0.232. The van der Waals surface area contributed by atoms with Gasteiger partial charge in [0.1, 0.15) is 12.4 Å². The highest BCUT2D eigenvalue weighted by Gasteiger charge is 2.03. The minimum absolute atomic E-state index is 0. The van der Waals surface area contributed by atoms with Crippen LogP contribution in [0.25, 0.3) is 0 Å². The van der Waals surface area contributed by atoms with Crippen molar-refractivity contribution in [2.45, 2.75) is 13.5 Å². The molecule has 0 fully saturated rings. The van der Waals surface area contributed by atoms with Gasteiger partial charge in [0.25, 0.3) is 0 Å². The van der Waals surface area contributed by atoms with Crippen LogP contribution in [-0.2, 0) is 16.1 Å². The van der Waals surface area contributed by atoms with Gasteiger partial charge in [-0.05, 0) is 19.1 Å². The van der Waals surface area contributed by atoms with Crippen LogP contribution in [0.2, 0.25) is 0 Å². The molecule has 1 aromatic rings. The standard InChI is InChI=1S/C9H10O3/c1-7(2)9(10)12-6-8-4-3-5-11-8/h3-5H,1,6H2,2H3/p+1. The van der Waals surface area contributed by atoms with Gasteiger partial charge < -0.3 is 9.15 Å². The first kappa shape index (κ1) is 8.59. The summed E-state index contributed by atoms with van der Waals surface area (Å²) in [5, 5.41) is 0. The highest BCUT2D eigenvalue weighted by atomic mass is 16.5. The third-order valence-electron chi connectivity index (χ3n) is 1.27. The first-order valence-corrected chi connectivity index (χ1v) is 3.55. The van der Waals surface area contributed by atoms with Gasteiger partial charge >= 0.3 is 7.40 Å². The van der Waals surface area contributed by atoms with E-state index in [1.54, 1.807) is 19.1 Å². The molecule has 1 rings (SSSR count). The van der Waals surface area contributed by atoms with E-state index in [2.05, 4.69) is 6.58 Å². The summed E-state index contributed by atoms with van der Waals surface area (Å²) in [4.78, 5) is 10.9. The Balaban J connectivity index is 0.00000144. The minimum atomic E-state index is -0.397. The number of hydrogen-bond donors (Lipinski definition) is 0. The van der Waals surface area contributed by atoms with Gasteiger partial charge in [-0.15, -0.1) is 0 Å². The van der Waals surface area contributed by atoms with E-state index >= 15 is 0 Å². The SMILES string of the molecule is C=C(C)C(=O)OCc1ccco1.[H+]. The average Bonchev–Trinajstić information content (AvgIpc) is 2.51. The number of carbonyl (C=O) groups is 1. The number of rotatable bonds is 3. The molecule has 0 aliphatic rings. The number of furan rings is 1. The van der Waals surface area contributed by atoms with E-state index in [-0.39, 0.29) is 8.03 Å². The molecule has 64 valence electrons. The van der Waals surface area contributed by atoms with Crippen LogP contribution in [-0.4, -0.2) is 5.97 Å². The van der Waals surface area contributed by atoms with E-state index in [0.717, 1.165) is 0 Å². The van der Waals surface area contributed by atoms with Gasteiger partial charge in [0.15, 0.2) is 0 Å². The quantitative estimate of drug-likeness (QED) is 0.510. The molecular weight excluding hydrogens is 156 g/mol. The van der Waals surface area contributed by atoms with Gasteiger partial charge in [-0.25, -0.2) is 4.79 Å². The van der Waals surface area contributed by atoms with E-state index in [9.17, 15) is 4.79 Å². The lowest BCUT2D eigenvalue weighted by molar-refractivity contribution is -0.140. The first-order valence-electron chi connectivity index (χ1n) is 3.55. The molecule has 0 radical (unpaired) electrons. The summed E-state index contributed by atoms with van der Waals surface area (Å²) >= 11 is 0. The molecular formula is C9H11O3+. The molecule has 0 unspecified atom stereocenters. The molecule has 0 saturated carbocycles. The Morgan fingerprint density at radius 1 is 1.83 bits per heavy atom. The van der Waals surface area contributed by atoms with Crippen LogP contribution in [0.15, 0.2) is 35.0 Å². The van der Waals surface area contributed by atoms with Crippen molar-refractivity contribution in [1.29, 1.82) is 0 Å². The lowest BCUT2D eigenvalue weighted by atomic mass is 10.4. The molecule has 0 saturated heterocycles. The van der Waals surface area contributed by atoms with Crippen molar-refractivity contribution >= 4 is 5.97 Å². The maximum atomic E-state index is 10.9. The number of hydrogen-bond acceptors (Lipinski definition) is 3. The zero-order valence-corrected chi connectivity index (χ0v) is 6.87. The van der Waals surface area contributed by atoms with Crippen LogP contribution in [0.4, 0.5) is 0 Å². The highest BCUT2D eigenvalue weighted by molar-refractivity contribution is 5.86. The monoisotopic (exact) mass is 167 g/mol. The van der Waals surface area contributed by atoms with Crippen molar-refractivity contribution in [3.8, 4) is 0 Å². The van der Waals surface area contributed by atoms with Crippen molar-refractivity contribution in [3.05, 3.63) is 36.3 Å². The fourth-order valence-corrected chi connectivity index (χ4v) is 0.655. The lowest BCUT2D eigenvalue weighted by Crippen LogP contribution is -2.04. The van der Waals surface area contributed by atoms with Crippen LogP contribution in [0, 0.1) is 0 Å². The van der Waals surface area contributed by atoms with Crippen LogP contribution in [0.5, 0.6) is 0 Å². The van der Waals surface area contributed by atoms with Gasteiger partial charge in [-0.1, -0.05) is 6.58 Å². The Hall–Kier alpha value is -1.51. The fourth-order valence-electron chi connectivity index (χ4n) is 0.655. The molecule has 12 heavy (non-hydrogen) atoms. The molecule has 1 heterocycles. The molecule has 0 aromatic carbocycles. The maximum Gasteiger partial charge on any atom is 1.00 e. The second-order valence-electron chi connectivity index (χ2n) is 2.44. The fraction of sp³-hybridized carbons (Fsp3) is 0.222. The number of esters is 1. The predicted octanol–water partition coefficient (Wildman–Crippen LogP) is 2.01. The van der Waals surface area contributed by atoms with Gasteiger partial charge in [0, 0.05) is 5.57 Å². The molecule has 0 N–H and O–H groups in total. The first-order chi connectivity index (χ1) is 5.70. The van der Waals surface area contributed by atoms with Gasteiger partial charge in [-0.3, -0.25) is 0 Å². The highest BCUT2D eigenvalue weighted by Crippen LogP contribution is 2.03. The summed E-state index contributed by atoms with van der Waals surface area (Å²) in [6.45, 7) is 5.22. The molecule has 3 nitrogen and oxygen atoms in total. The van der Waals surface area contributed by atoms with Gasteiger partial charge in [0.2, 0.25) is 0 Å². The van der Waals surface area contributed by atoms with Crippen LogP contribution < -0.4 is 0 Å². The summed E-state index contributed by atoms with van der Waals surface area (Å²) < 4.78 is 9.77. The third kappa shape index (κ3) is 2.27. The largest absolute Gasteiger partial charge is 1.00 e. The van der Waals surface area contributed by atoms with E-state index in [1.165, 1.54) is 6.26 Å². The van der Waals surface area contributed by atoms with E-state index in [4.69, 9.17) is 9.15 Å². The summed E-state index contributed by atoms with van der Waals surface area (Å²) in [6, 6.07) is 3.48. The van der Waals surface area contributed by atoms with Crippen molar-refractivity contribution in [3.63, 3.8) is 0 Å². The molecule has 0 aliphatic heterocycles. The molecule has 0 atom stereocenters. The topological polar surface area (TPSA) is 39.4 Å². The molecule has 0 spiro atoms. The normalized spacial score (nSPS) is 9.42. The predicted molar refractivity (Wildman–Crippen MR) is 44.4 cm³/mol. The Morgan fingerprint density at radius 2 is 2.58 bits per heavy atom. The number of ether oxygens (including phenoxy) is 1. The Morgan fingerprint density at radius 3 is 3.08 bits per heavy atom. The van der Waals surface area contributed by atoms with Crippen LogP contribution in [0.1, 0.15) is 14.1 Å². The second kappa shape index (κ2) is 3.76. The second-order valence-corrected chi connectivity index (χ2v) is 2.44. The molecule has 3 heteroatoms.